The average molecular weight is 660 g/mol. The van der Waals surface area contributed by atoms with Gasteiger partial charge in [-0.25, -0.2) is 0 Å². The van der Waals surface area contributed by atoms with Crippen molar-refractivity contribution in [2.75, 3.05) is 13.2 Å². The molecule has 4 rings (SSSR count). The van der Waals surface area contributed by atoms with Gasteiger partial charge in [0.05, 0.1) is 31.5 Å². The van der Waals surface area contributed by atoms with E-state index in [4.69, 9.17) is 33.2 Å². The van der Waals surface area contributed by atoms with Crippen LogP contribution in [0.5, 0.6) is 0 Å². The Morgan fingerprint density at radius 3 is 1.89 bits per heavy atom. The number of aliphatic hydroxyl groups excluding tert-OH is 10. The standard InChI is InChI=1S/C26H45NO18/c1-7-15(32)10(31)4-13(39-7)43-21-12(6-29)41-24(38)14(27-9(3)30)22(21)44-26-23(19(36)17(34)11(5-28)42-26)45-25-20(37)18(35)16(33)8(2)40-25/h7-8,10-26,28-29,31-38H,4-6H2,1-3H3,(H,27,30)/t7-,8-,10-,11+,12+,13-,14+,15+,16+,17-,18+,19-,20-,21+,22+,23+,24+,25-,26-/m0/s1. The number of amides is 1. The van der Waals surface area contributed by atoms with Gasteiger partial charge >= 0.3 is 0 Å². The molecule has 45 heavy (non-hydrogen) atoms. The van der Waals surface area contributed by atoms with Crippen molar-refractivity contribution in [1.82, 2.24) is 5.32 Å². The summed E-state index contributed by atoms with van der Waals surface area (Å²) < 4.78 is 40.2. The second kappa shape index (κ2) is 15.3. The first-order valence-electron chi connectivity index (χ1n) is 14.7. The molecule has 4 aliphatic rings. The second-order valence-corrected chi connectivity index (χ2v) is 11.7. The SMILES string of the molecule is CC(=O)N[C@@H]1[C@@H](O[C@@H]2O[C@H](CO)[C@H](O)[C@H](O)[C@H]2O[C@@H]2O[C@@H](C)[C@@H](O)[C@@H](O)[C@@H]2O)[C@H](O[C@H]2C[C@H](O)[C@H](O)[C@H](C)O2)[C@@H](CO)O[C@H]1O. The van der Waals surface area contributed by atoms with Crippen molar-refractivity contribution in [3.63, 3.8) is 0 Å². The maximum absolute atomic E-state index is 12.2. The van der Waals surface area contributed by atoms with Gasteiger partial charge in [-0.15, -0.1) is 0 Å². The topological polar surface area (TPSA) is 296 Å². The zero-order valence-electron chi connectivity index (χ0n) is 24.8. The number of rotatable bonds is 9. The molecule has 0 aliphatic carbocycles. The molecule has 19 heteroatoms. The van der Waals surface area contributed by atoms with Crippen LogP contribution < -0.4 is 5.32 Å². The van der Waals surface area contributed by atoms with Crippen LogP contribution in [0.4, 0.5) is 0 Å². The van der Waals surface area contributed by atoms with Gasteiger partial charge in [-0.2, -0.15) is 0 Å². The molecule has 19 nitrogen and oxygen atoms in total. The van der Waals surface area contributed by atoms with Crippen LogP contribution >= 0.6 is 0 Å². The molecule has 0 saturated carbocycles. The highest BCUT2D eigenvalue weighted by Gasteiger charge is 2.55. The van der Waals surface area contributed by atoms with E-state index in [1.165, 1.54) is 13.8 Å². The fourth-order valence-electron chi connectivity index (χ4n) is 5.82. The number of nitrogens with one attached hydrogen (secondary N) is 1. The van der Waals surface area contributed by atoms with E-state index in [0.717, 1.165) is 6.92 Å². The summed E-state index contributed by atoms with van der Waals surface area (Å²) in [6, 6.07) is -1.44. The molecular weight excluding hydrogens is 614 g/mol. The predicted octanol–water partition coefficient (Wildman–Crippen LogP) is -6.52. The van der Waals surface area contributed by atoms with Gasteiger partial charge in [0.2, 0.25) is 5.91 Å². The zero-order valence-corrected chi connectivity index (χ0v) is 24.8. The normalized spacial score (nSPS) is 51.1. The van der Waals surface area contributed by atoms with Crippen LogP contribution in [0, 0.1) is 0 Å². The zero-order chi connectivity index (χ0) is 33.3. The van der Waals surface area contributed by atoms with E-state index in [1.807, 2.05) is 0 Å². The predicted molar refractivity (Wildman–Crippen MR) is 141 cm³/mol. The molecular formula is C26H45NO18. The third-order valence-electron chi connectivity index (χ3n) is 8.42. The van der Waals surface area contributed by atoms with Crippen LogP contribution in [0.15, 0.2) is 0 Å². The Morgan fingerprint density at radius 1 is 0.667 bits per heavy atom. The highest BCUT2D eigenvalue weighted by Crippen LogP contribution is 2.35. The summed E-state index contributed by atoms with van der Waals surface area (Å²) in [5, 5.41) is 106. The minimum Gasteiger partial charge on any atom is -0.394 e. The van der Waals surface area contributed by atoms with Gasteiger partial charge in [-0.1, -0.05) is 0 Å². The second-order valence-electron chi connectivity index (χ2n) is 11.7. The molecule has 262 valence electrons. The fourth-order valence-corrected chi connectivity index (χ4v) is 5.82. The van der Waals surface area contributed by atoms with Crippen molar-refractivity contribution in [3.05, 3.63) is 0 Å². The average Bonchev–Trinajstić information content (AvgIpc) is 2.99. The number of carbonyl (C=O) groups is 1. The third kappa shape index (κ3) is 7.92. The molecule has 0 spiro atoms. The minimum atomic E-state index is -1.88. The number of hydrogen-bond donors (Lipinski definition) is 11. The maximum Gasteiger partial charge on any atom is 0.217 e. The molecule has 4 aliphatic heterocycles. The molecule has 4 heterocycles. The van der Waals surface area contributed by atoms with Crippen molar-refractivity contribution in [2.24, 2.45) is 0 Å². The summed E-state index contributed by atoms with van der Waals surface area (Å²) in [4.78, 5) is 12.2. The lowest BCUT2D eigenvalue weighted by molar-refractivity contribution is -0.387. The number of carbonyl (C=O) groups excluding carboxylic acids is 1. The third-order valence-corrected chi connectivity index (χ3v) is 8.42. The highest BCUT2D eigenvalue weighted by molar-refractivity contribution is 5.73. The molecule has 0 radical (unpaired) electrons. The van der Waals surface area contributed by atoms with E-state index in [0.29, 0.717) is 0 Å². The molecule has 0 aromatic carbocycles. The summed E-state index contributed by atoms with van der Waals surface area (Å²) >= 11 is 0. The summed E-state index contributed by atoms with van der Waals surface area (Å²) in [5.74, 6) is -0.653. The lowest BCUT2D eigenvalue weighted by Gasteiger charge is -2.50. The van der Waals surface area contributed by atoms with E-state index in [9.17, 15) is 55.9 Å². The van der Waals surface area contributed by atoms with Crippen LogP contribution in [-0.4, -0.2) is 187 Å². The maximum atomic E-state index is 12.2. The summed E-state index contributed by atoms with van der Waals surface area (Å²) in [6.07, 6.45) is -27.3. The van der Waals surface area contributed by atoms with Gasteiger partial charge in [-0.3, -0.25) is 4.79 Å². The quantitative estimate of drug-likeness (QED) is 0.110. The van der Waals surface area contributed by atoms with E-state index >= 15 is 0 Å². The molecule has 4 saturated heterocycles. The monoisotopic (exact) mass is 659 g/mol. The molecule has 1 amide bonds. The van der Waals surface area contributed by atoms with Crippen molar-refractivity contribution in [3.8, 4) is 0 Å². The molecule has 4 fully saturated rings. The van der Waals surface area contributed by atoms with E-state index in [1.54, 1.807) is 0 Å². The Balaban J connectivity index is 1.67. The van der Waals surface area contributed by atoms with Gasteiger partial charge in [0.25, 0.3) is 0 Å². The number of aliphatic hydroxyl groups is 10. The largest absolute Gasteiger partial charge is 0.394 e. The summed E-state index contributed by atoms with van der Waals surface area (Å²) in [5.41, 5.74) is 0. The Bertz CT molecular complexity index is 953. The van der Waals surface area contributed by atoms with E-state index < -0.39 is 136 Å². The fraction of sp³-hybridized carbons (Fsp3) is 0.962. The smallest absolute Gasteiger partial charge is 0.217 e. The van der Waals surface area contributed by atoms with Gasteiger partial charge in [0.15, 0.2) is 25.2 Å². The Hall–Kier alpha value is -1.21. The van der Waals surface area contributed by atoms with E-state index in [2.05, 4.69) is 5.32 Å². The Morgan fingerprint density at radius 2 is 1.29 bits per heavy atom. The first kappa shape index (κ1) is 36.6. The van der Waals surface area contributed by atoms with Crippen molar-refractivity contribution < 1.29 is 89.0 Å². The molecule has 19 atom stereocenters. The molecule has 0 aromatic heterocycles. The van der Waals surface area contributed by atoms with Crippen molar-refractivity contribution in [1.29, 1.82) is 0 Å². The van der Waals surface area contributed by atoms with Crippen molar-refractivity contribution >= 4 is 5.91 Å². The molecule has 11 N–H and O–H groups in total. The molecule has 0 aromatic rings. The molecule has 0 unspecified atom stereocenters. The lowest BCUT2D eigenvalue weighted by Crippen LogP contribution is -2.69. The number of hydrogen-bond acceptors (Lipinski definition) is 18. The number of ether oxygens (including phenoxy) is 7. The van der Waals surface area contributed by atoms with Gasteiger partial charge in [0, 0.05) is 13.3 Å². The van der Waals surface area contributed by atoms with Crippen LogP contribution in [-0.2, 0) is 38.0 Å². The Kier molecular flexibility index (Phi) is 12.5. The van der Waals surface area contributed by atoms with Crippen LogP contribution in [0.3, 0.4) is 0 Å². The first-order valence-corrected chi connectivity index (χ1v) is 14.7. The minimum absolute atomic E-state index is 0.230. The highest BCUT2D eigenvalue weighted by atomic mass is 16.8. The summed E-state index contributed by atoms with van der Waals surface area (Å²) in [6.45, 7) is 2.44. The van der Waals surface area contributed by atoms with Crippen LogP contribution in [0.2, 0.25) is 0 Å². The molecule has 0 bridgehead atoms. The van der Waals surface area contributed by atoms with Crippen LogP contribution in [0.1, 0.15) is 27.2 Å². The van der Waals surface area contributed by atoms with Crippen molar-refractivity contribution in [2.45, 2.75) is 144 Å². The van der Waals surface area contributed by atoms with Crippen LogP contribution in [0.25, 0.3) is 0 Å². The van der Waals surface area contributed by atoms with Gasteiger partial charge < -0.3 is 89.5 Å². The van der Waals surface area contributed by atoms with Gasteiger partial charge in [0.1, 0.15) is 73.2 Å². The lowest BCUT2D eigenvalue weighted by atomic mass is 9.94. The first-order chi connectivity index (χ1) is 21.2. The van der Waals surface area contributed by atoms with E-state index in [-0.39, 0.29) is 6.42 Å². The summed E-state index contributed by atoms with van der Waals surface area (Å²) in [7, 11) is 0. The Labute approximate surface area is 257 Å². The van der Waals surface area contributed by atoms with Gasteiger partial charge in [-0.05, 0) is 13.8 Å².